The topological polar surface area (TPSA) is 3.24 Å². The molecule has 0 aromatic rings. The first kappa shape index (κ1) is 9.53. The van der Waals surface area contributed by atoms with Crippen LogP contribution in [0.4, 0.5) is 0 Å². The molecule has 0 unspecified atom stereocenters. The van der Waals surface area contributed by atoms with E-state index in [1.165, 1.54) is 57.1 Å². The van der Waals surface area contributed by atoms with Crippen molar-refractivity contribution < 1.29 is 0 Å². The molecule has 2 heteroatoms. The summed E-state index contributed by atoms with van der Waals surface area (Å²) in [5, 5.41) is 1.17. The van der Waals surface area contributed by atoms with Gasteiger partial charge in [0.1, 0.15) is 0 Å². The summed E-state index contributed by atoms with van der Waals surface area (Å²) in [6, 6.07) is 0. The third-order valence-electron chi connectivity index (χ3n) is 2.31. The van der Waals surface area contributed by atoms with Crippen LogP contribution in [0.5, 0.6) is 0 Å². The first-order chi connectivity index (χ1) is 5.43. The smallest absolute Gasteiger partial charge is 0.00313 e. The molecule has 1 saturated heterocycles. The van der Waals surface area contributed by atoms with Gasteiger partial charge in [-0.05, 0) is 45.3 Å². The molecule has 0 aromatic heterocycles. The van der Waals surface area contributed by atoms with Crippen molar-refractivity contribution in [3.05, 3.63) is 0 Å². The van der Waals surface area contributed by atoms with Crippen molar-refractivity contribution in [1.29, 1.82) is 0 Å². The molecule has 1 aliphatic heterocycles. The number of likely N-dealkylation sites (tertiary alicyclic amines) is 1. The number of unbranched alkanes of at least 4 members (excludes halogenated alkanes) is 2. The van der Waals surface area contributed by atoms with Crippen LogP contribution in [0.15, 0.2) is 0 Å². The molecule has 0 amide bonds. The van der Waals surface area contributed by atoms with Crippen molar-refractivity contribution in [2.75, 3.05) is 25.0 Å². The standard InChI is InChI=1S/C9H18BrN/c10-6-2-1-3-7-11-8-4-5-9-11/h1-9H2. The first-order valence-electron chi connectivity index (χ1n) is 4.72. The van der Waals surface area contributed by atoms with E-state index in [1.54, 1.807) is 0 Å². The van der Waals surface area contributed by atoms with Gasteiger partial charge >= 0.3 is 0 Å². The fraction of sp³-hybridized carbons (Fsp3) is 1.00. The highest BCUT2D eigenvalue weighted by Gasteiger charge is 2.09. The van der Waals surface area contributed by atoms with E-state index in [1.807, 2.05) is 0 Å². The van der Waals surface area contributed by atoms with E-state index in [-0.39, 0.29) is 0 Å². The lowest BCUT2D eigenvalue weighted by Gasteiger charge is -2.13. The SMILES string of the molecule is BrCCCCCN1CCCC1. The van der Waals surface area contributed by atoms with Crippen LogP contribution >= 0.6 is 15.9 Å². The van der Waals surface area contributed by atoms with E-state index in [4.69, 9.17) is 0 Å². The molecule has 1 fully saturated rings. The molecular weight excluding hydrogens is 202 g/mol. The monoisotopic (exact) mass is 219 g/mol. The minimum Gasteiger partial charge on any atom is -0.303 e. The highest BCUT2D eigenvalue weighted by molar-refractivity contribution is 9.09. The van der Waals surface area contributed by atoms with E-state index < -0.39 is 0 Å². The minimum atomic E-state index is 1.17. The van der Waals surface area contributed by atoms with E-state index >= 15 is 0 Å². The maximum atomic E-state index is 3.45. The number of nitrogens with zero attached hydrogens (tertiary/aromatic N) is 1. The van der Waals surface area contributed by atoms with Crippen molar-refractivity contribution in [1.82, 2.24) is 4.90 Å². The van der Waals surface area contributed by atoms with Gasteiger partial charge in [0.25, 0.3) is 0 Å². The summed E-state index contributed by atoms with van der Waals surface area (Å²) < 4.78 is 0. The van der Waals surface area contributed by atoms with Crippen LogP contribution in [-0.2, 0) is 0 Å². The third kappa shape index (κ3) is 4.12. The Balaban J connectivity index is 1.86. The molecule has 0 radical (unpaired) electrons. The largest absolute Gasteiger partial charge is 0.303 e. The molecule has 0 saturated carbocycles. The third-order valence-corrected chi connectivity index (χ3v) is 2.87. The molecule has 1 nitrogen and oxygen atoms in total. The van der Waals surface area contributed by atoms with Gasteiger partial charge in [0.05, 0.1) is 0 Å². The van der Waals surface area contributed by atoms with E-state index in [2.05, 4.69) is 20.8 Å². The van der Waals surface area contributed by atoms with Gasteiger partial charge in [0.2, 0.25) is 0 Å². The Morgan fingerprint density at radius 2 is 1.73 bits per heavy atom. The Bertz CT molecular complexity index is 89.6. The lowest BCUT2D eigenvalue weighted by atomic mass is 10.2. The van der Waals surface area contributed by atoms with E-state index in [0.29, 0.717) is 0 Å². The summed E-state index contributed by atoms with van der Waals surface area (Å²) in [5.41, 5.74) is 0. The average molecular weight is 220 g/mol. The first-order valence-corrected chi connectivity index (χ1v) is 5.84. The lowest BCUT2D eigenvalue weighted by molar-refractivity contribution is 0.330. The van der Waals surface area contributed by atoms with E-state index in [0.717, 1.165) is 0 Å². The Morgan fingerprint density at radius 1 is 1.00 bits per heavy atom. The number of halogens is 1. The molecule has 0 aliphatic carbocycles. The summed E-state index contributed by atoms with van der Waals surface area (Å²) in [6.45, 7) is 4.05. The number of hydrogen-bond acceptors (Lipinski definition) is 1. The fourth-order valence-electron chi connectivity index (χ4n) is 1.61. The fourth-order valence-corrected chi connectivity index (χ4v) is 2.01. The molecule has 1 aliphatic rings. The number of hydrogen-bond donors (Lipinski definition) is 0. The molecular formula is C9H18BrN. The van der Waals surface area contributed by atoms with Gasteiger partial charge in [-0.15, -0.1) is 0 Å². The van der Waals surface area contributed by atoms with E-state index in [9.17, 15) is 0 Å². The van der Waals surface area contributed by atoms with Crippen LogP contribution in [0.1, 0.15) is 32.1 Å². The van der Waals surface area contributed by atoms with Gasteiger partial charge in [0.15, 0.2) is 0 Å². The van der Waals surface area contributed by atoms with Crippen molar-refractivity contribution in [3.63, 3.8) is 0 Å². The van der Waals surface area contributed by atoms with Gasteiger partial charge in [0, 0.05) is 5.33 Å². The Hall–Kier alpha value is 0.440. The Morgan fingerprint density at radius 3 is 2.36 bits per heavy atom. The van der Waals surface area contributed by atoms with Crippen LogP contribution in [0.25, 0.3) is 0 Å². The Labute approximate surface area is 78.3 Å². The van der Waals surface area contributed by atoms with Crippen LogP contribution in [0, 0.1) is 0 Å². The Kier molecular flexibility index (Phi) is 5.21. The zero-order valence-corrected chi connectivity index (χ0v) is 8.78. The lowest BCUT2D eigenvalue weighted by Crippen LogP contribution is -2.20. The van der Waals surface area contributed by atoms with Crippen molar-refractivity contribution in [2.45, 2.75) is 32.1 Å². The summed E-state index contributed by atoms with van der Waals surface area (Å²) in [7, 11) is 0. The van der Waals surface area contributed by atoms with Gasteiger partial charge in [-0.1, -0.05) is 22.4 Å². The summed E-state index contributed by atoms with van der Waals surface area (Å²) in [6.07, 6.45) is 6.98. The van der Waals surface area contributed by atoms with Gasteiger partial charge in [-0.3, -0.25) is 0 Å². The molecule has 0 bridgehead atoms. The second kappa shape index (κ2) is 6.01. The summed E-state index contributed by atoms with van der Waals surface area (Å²) in [5.74, 6) is 0. The maximum absolute atomic E-state index is 3.45. The predicted molar refractivity (Wildman–Crippen MR) is 53.3 cm³/mol. The van der Waals surface area contributed by atoms with Gasteiger partial charge < -0.3 is 4.90 Å². The van der Waals surface area contributed by atoms with Gasteiger partial charge in [-0.25, -0.2) is 0 Å². The molecule has 0 aromatic carbocycles. The summed E-state index contributed by atoms with van der Waals surface area (Å²) >= 11 is 3.45. The molecule has 11 heavy (non-hydrogen) atoms. The normalized spacial score (nSPS) is 19.4. The molecule has 1 heterocycles. The van der Waals surface area contributed by atoms with Crippen LogP contribution in [-0.4, -0.2) is 29.9 Å². The van der Waals surface area contributed by atoms with Crippen LogP contribution < -0.4 is 0 Å². The molecule has 1 rings (SSSR count). The van der Waals surface area contributed by atoms with Crippen molar-refractivity contribution >= 4 is 15.9 Å². The van der Waals surface area contributed by atoms with Crippen molar-refractivity contribution in [2.24, 2.45) is 0 Å². The average Bonchev–Trinajstić information content (AvgIpc) is 2.50. The predicted octanol–water partition coefficient (Wildman–Crippen LogP) is 2.65. The zero-order valence-electron chi connectivity index (χ0n) is 7.19. The highest BCUT2D eigenvalue weighted by Crippen LogP contribution is 2.09. The highest BCUT2D eigenvalue weighted by atomic mass is 79.9. The number of alkyl halides is 1. The molecule has 0 atom stereocenters. The maximum Gasteiger partial charge on any atom is 0.00313 e. The van der Waals surface area contributed by atoms with Crippen LogP contribution in [0.3, 0.4) is 0 Å². The van der Waals surface area contributed by atoms with Gasteiger partial charge in [-0.2, -0.15) is 0 Å². The molecule has 0 N–H and O–H groups in total. The van der Waals surface area contributed by atoms with Crippen molar-refractivity contribution in [3.8, 4) is 0 Å². The summed E-state index contributed by atoms with van der Waals surface area (Å²) in [4.78, 5) is 2.59. The second-order valence-corrected chi connectivity index (χ2v) is 4.09. The molecule has 66 valence electrons. The number of rotatable bonds is 5. The minimum absolute atomic E-state index is 1.17. The zero-order chi connectivity index (χ0) is 7.94. The quantitative estimate of drug-likeness (QED) is 0.508. The second-order valence-electron chi connectivity index (χ2n) is 3.30. The van der Waals surface area contributed by atoms with Crippen LogP contribution in [0.2, 0.25) is 0 Å². The molecule has 0 spiro atoms.